The van der Waals surface area contributed by atoms with Crippen LogP contribution in [0.15, 0.2) is 55.0 Å². The maximum Gasteiger partial charge on any atom is 0.407 e. The van der Waals surface area contributed by atoms with Gasteiger partial charge in [0.15, 0.2) is 0 Å². The molecule has 1 aliphatic carbocycles. The molecule has 3 fully saturated rings. The molecule has 17 nitrogen and oxygen atoms in total. The molecule has 4 amide bonds. The number of ether oxygens (including phenoxy) is 3. The molecule has 0 bridgehead atoms. The van der Waals surface area contributed by atoms with Crippen LogP contribution in [0.3, 0.4) is 0 Å². The molecule has 0 spiro atoms. The lowest BCUT2D eigenvalue weighted by Crippen LogP contribution is -2.51. The first-order valence-electron chi connectivity index (χ1n) is 24.1. The Balaban J connectivity index is 0.00000217. The van der Waals surface area contributed by atoms with Crippen LogP contribution in [0, 0.1) is 18.8 Å². The fourth-order valence-corrected chi connectivity index (χ4v) is 11.6. The second-order valence-corrected chi connectivity index (χ2v) is 20.6. The van der Waals surface area contributed by atoms with Gasteiger partial charge in [0, 0.05) is 47.3 Å². The van der Waals surface area contributed by atoms with E-state index in [4.69, 9.17) is 29.2 Å². The van der Waals surface area contributed by atoms with Crippen molar-refractivity contribution in [2.45, 2.75) is 116 Å². The normalized spacial score (nSPS) is 18.7. The number of alkyl carbamates (subject to hydrolysis) is 2. The summed E-state index contributed by atoms with van der Waals surface area (Å²) in [6.45, 7) is 10.9. The lowest BCUT2D eigenvalue weighted by molar-refractivity contribution is -0.136. The molecule has 10 rings (SSSR count). The standard InChI is InChI=1S/C51H60N10O7S.4H2S/c1-26(2)42(57-50(64)66-6)47(62)59-17-9-13-36(59)44-52-23-33(55-44)30-15-16-35-32(20-30)21-38-41-28(5)19-31(22-39(41)68-49(61(35)38)40-25-54-46(69-40)29-11-8-12-29)34-24-53-45(56-34)37-14-10-18-60(37)48(63)43(27(3)4)58-51(65)67-7;;;;/h15-16,19-27,29,36-37,42-43,49H,8-14,17-18H2,1-7H3,(H,52,55)(H,53,56)(H,57,64)(H,58,65);4*1H2/t36-,37-,42-,43-,49?;;;;/m0..../s1. The van der Waals surface area contributed by atoms with E-state index in [1.165, 1.54) is 20.6 Å². The Bertz CT molecular complexity index is 2950. The van der Waals surface area contributed by atoms with E-state index in [0.29, 0.717) is 30.7 Å². The summed E-state index contributed by atoms with van der Waals surface area (Å²) in [5.74, 6) is 2.07. The zero-order valence-corrected chi connectivity index (χ0v) is 46.9. The maximum absolute atomic E-state index is 13.9. The number of aromatic amines is 2. The Hall–Kier alpha value is -5.29. The minimum atomic E-state index is -0.723. The summed E-state index contributed by atoms with van der Waals surface area (Å²) in [7, 11) is 2.59. The van der Waals surface area contributed by atoms with Crippen LogP contribution in [0.4, 0.5) is 9.59 Å². The number of nitrogens with one attached hydrogen (secondary N) is 4. The number of aromatic nitrogens is 6. The van der Waals surface area contributed by atoms with Gasteiger partial charge in [-0.05, 0) is 93.2 Å². The fourth-order valence-electron chi connectivity index (χ4n) is 10.5. The van der Waals surface area contributed by atoms with Crippen molar-refractivity contribution < 1.29 is 33.4 Å². The number of amides is 4. The number of benzene rings is 2. The van der Waals surface area contributed by atoms with E-state index < -0.39 is 30.5 Å². The number of thiazole rings is 1. The number of H-pyrrole nitrogens is 2. The fraction of sp³-hybridized carbons (Fsp3) is 0.471. The van der Waals surface area contributed by atoms with Gasteiger partial charge in [-0.25, -0.2) is 24.5 Å². The largest absolute Gasteiger partial charge is 0.464 e. The van der Waals surface area contributed by atoms with E-state index in [-0.39, 0.29) is 89.7 Å². The summed E-state index contributed by atoms with van der Waals surface area (Å²) in [6, 6.07) is 10.9. The summed E-state index contributed by atoms with van der Waals surface area (Å²) in [6.07, 6.45) is 10.6. The number of fused-ring (bicyclic) bond motifs is 5. The minimum absolute atomic E-state index is 0. The van der Waals surface area contributed by atoms with Crippen molar-refractivity contribution in [2.75, 3.05) is 27.3 Å². The first kappa shape index (κ1) is 57.0. The Labute approximate surface area is 457 Å². The van der Waals surface area contributed by atoms with E-state index >= 15 is 0 Å². The van der Waals surface area contributed by atoms with Crippen molar-refractivity contribution in [3.63, 3.8) is 0 Å². The molecule has 2 aromatic carbocycles. The van der Waals surface area contributed by atoms with Crippen LogP contribution in [0.5, 0.6) is 5.75 Å². The average molecular weight is 1090 g/mol. The Morgan fingerprint density at radius 3 is 1.79 bits per heavy atom. The van der Waals surface area contributed by atoms with Crippen molar-refractivity contribution in [1.82, 2.24) is 49.9 Å². The SMILES string of the molecule is COC(=O)N[C@H](C(=O)N1CCC[C@H]1c1ncc(-c2cc(C)c3c(c2)OC(c2cnc(C4CCC4)s2)n2c-3cc3cc(-c4cnc([C@@H]5CCCN5C(=O)[C@@H](NC(=O)OC)C(C)C)[nH]4)ccc32)[nH]1)C(C)C.S.S.S.S. The molecule has 2 saturated heterocycles. The van der Waals surface area contributed by atoms with Crippen molar-refractivity contribution in [3.05, 3.63) is 82.1 Å². The predicted molar refractivity (Wildman–Crippen MR) is 302 cm³/mol. The molecule has 4 N–H and O–H groups in total. The van der Waals surface area contributed by atoms with Gasteiger partial charge in [-0.2, -0.15) is 54.0 Å². The van der Waals surface area contributed by atoms with Gasteiger partial charge in [0.05, 0.1) is 71.2 Å². The Morgan fingerprint density at radius 1 is 0.712 bits per heavy atom. The topological polar surface area (TPSA) is 202 Å². The van der Waals surface area contributed by atoms with Gasteiger partial charge in [0.2, 0.25) is 18.0 Å². The van der Waals surface area contributed by atoms with E-state index in [1.807, 2.05) is 56.1 Å². The molecule has 5 atom stereocenters. The van der Waals surface area contributed by atoms with Crippen LogP contribution >= 0.6 is 65.3 Å². The van der Waals surface area contributed by atoms with Gasteiger partial charge >= 0.3 is 12.2 Å². The van der Waals surface area contributed by atoms with E-state index in [1.54, 1.807) is 11.3 Å². The molecule has 7 heterocycles. The average Bonchev–Trinajstić information content (AvgIpc) is 4.18. The molecule has 394 valence electrons. The molecule has 4 aromatic heterocycles. The van der Waals surface area contributed by atoms with E-state index in [9.17, 15) is 19.2 Å². The van der Waals surface area contributed by atoms with Gasteiger partial charge in [0.1, 0.15) is 29.5 Å². The van der Waals surface area contributed by atoms with E-state index in [0.717, 1.165) is 104 Å². The number of rotatable bonds is 12. The van der Waals surface area contributed by atoms with Crippen LogP contribution in [0.1, 0.15) is 124 Å². The summed E-state index contributed by atoms with van der Waals surface area (Å²) in [5, 5.41) is 7.65. The van der Waals surface area contributed by atoms with Crippen LogP contribution in [-0.4, -0.2) is 103 Å². The van der Waals surface area contributed by atoms with Gasteiger partial charge < -0.3 is 44.6 Å². The predicted octanol–water partition coefficient (Wildman–Crippen LogP) is 9.60. The molecule has 6 aromatic rings. The third kappa shape index (κ3) is 10.8. The highest BCUT2D eigenvalue weighted by Gasteiger charge is 2.40. The van der Waals surface area contributed by atoms with Crippen molar-refractivity contribution in [1.29, 1.82) is 0 Å². The lowest BCUT2D eigenvalue weighted by atomic mass is 9.86. The van der Waals surface area contributed by atoms with Gasteiger partial charge in [-0.1, -0.05) is 40.2 Å². The molecule has 3 aliphatic heterocycles. The first-order valence-corrected chi connectivity index (χ1v) is 25.0. The molecule has 22 heteroatoms. The molecule has 1 saturated carbocycles. The molecule has 4 aliphatic rings. The van der Waals surface area contributed by atoms with Gasteiger partial charge in [0.25, 0.3) is 0 Å². The number of aryl methyl sites for hydroxylation is 1. The molecule has 1 unspecified atom stereocenters. The summed E-state index contributed by atoms with van der Waals surface area (Å²) < 4.78 is 19.1. The monoisotopic (exact) mass is 1090 g/mol. The summed E-state index contributed by atoms with van der Waals surface area (Å²) >= 11 is 1.73. The van der Waals surface area contributed by atoms with E-state index in [2.05, 4.69) is 68.5 Å². The van der Waals surface area contributed by atoms with Crippen molar-refractivity contribution >= 4 is 100 Å². The maximum atomic E-state index is 13.9. The van der Waals surface area contributed by atoms with Crippen LogP contribution in [-0.2, 0) is 19.1 Å². The number of hydrogen-bond acceptors (Lipinski definition) is 11. The number of carbonyl (C=O) groups excluding carboxylic acids is 4. The highest BCUT2D eigenvalue weighted by molar-refractivity contribution is 7.59. The number of methoxy groups -OCH3 is 2. The third-order valence-corrected chi connectivity index (χ3v) is 15.6. The second kappa shape index (κ2) is 23.5. The summed E-state index contributed by atoms with van der Waals surface area (Å²) in [5.41, 5.74) is 7.60. The minimum Gasteiger partial charge on any atom is -0.464 e. The van der Waals surface area contributed by atoms with Crippen LogP contribution in [0.25, 0.3) is 44.7 Å². The number of nitrogens with zero attached hydrogens (tertiary/aromatic N) is 6. The molecular weight excluding hydrogens is 1020 g/mol. The Morgan fingerprint density at radius 2 is 1.27 bits per heavy atom. The molecule has 73 heavy (non-hydrogen) atoms. The van der Waals surface area contributed by atoms with Crippen LogP contribution in [0.2, 0.25) is 0 Å². The highest BCUT2D eigenvalue weighted by atomic mass is 32.1. The third-order valence-electron chi connectivity index (χ3n) is 14.4. The number of likely N-dealkylation sites (tertiary alicyclic amines) is 2. The van der Waals surface area contributed by atoms with Crippen LogP contribution < -0.4 is 15.4 Å². The number of carbonyl (C=O) groups is 4. The molecule has 0 radical (unpaired) electrons. The Kier molecular flexibility index (Phi) is 18.3. The zero-order valence-electron chi connectivity index (χ0n) is 42.1. The van der Waals surface area contributed by atoms with Gasteiger partial charge in [-0.15, -0.1) is 11.3 Å². The highest BCUT2D eigenvalue weighted by Crippen LogP contribution is 2.49. The molecular formula is C51H68N10O7S5. The number of imidazole rings is 2. The quantitative estimate of drug-likeness (QED) is 0.0914. The smallest absolute Gasteiger partial charge is 0.407 e. The van der Waals surface area contributed by atoms with Crippen molar-refractivity contribution in [3.8, 4) is 39.5 Å². The number of hydrogen-bond donors (Lipinski definition) is 4. The summed E-state index contributed by atoms with van der Waals surface area (Å²) in [4.78, 5) is 78.4. The van der Waals surface area contributed by atoms with Gasteiger partial charge in [-0.3, -0.25) is 14.2 Å². The second-order valence-electron chi connectivity index (χ2n) is 19.5. The van der Waals surface area contributed by atoms with Crippen molar-refractivity contribution in [2.24, 2.45) is 11.8 Å². The lowest BCUT2D eigenvalue weighted by Gasteiger charge is -2.30. The zero-order chi connectivity index (χ0) is 48.2. The first-order chi connectivity index (χ1) is 33.3.